The number of hydrogen-bond donors (Lipinski definition) is 2. The van der Waals surface area contributed by atoms with Gasteiger partial charge in [0.25, 0.3) is 0 Å². The molecule has 0 unspecified atom stereocenters. The van der Waals surface area contributed by atoms with Gasteiger partial charge in [-0.25, -0.2) is 4.79 Å². The lowest BCUT2D eigenvalue weighted by atomic mass is 9.98. The number of nitrogens with zero attached hydrogens (tertiary/aromatic N) is 4. The van der Waals surface area contributed by atoms with Gasteiger partial charge in [-0.1, -0.05) is 46.6 Å². The van der Waals surface area contributed by atoms with Crippen LogP contribution in [0, 0.1) is 11.8 Å². The van der Waals surface area contributed by atoms with Crippen molar-refractivity contribution in [2.24, 2.45) is 11.8 Å². The normalized spacial score (nSPS) is 17.1. The minimum Gasteiger partial charge on any atom is -0.379 e. The highest BCUT2D eigenvalue weighted by Crippen LogP contribution is 2.27. The Morgan fingerprint density at radius 2 is 1.58 bits per heavy atom. The first-order valence-electron chi connectivity index (χ1n) is 16.6. The van der Waals surface area contributed by atoms with E-state index in [2.05, 4.69) is 72.5 Å². The number of urea groups is 1. The number of amides is 3. The predicted octanol–water partition coefficient (Wildman–Crippen LogP) is 6.54. The van der Waals surface area contributed by atoms with Crippen molar-refractivity contribution in [1.29, 1.82) is 0 Å². The maximum absolute atomic E-state index is 13.8. The second-order valence-corrected chi connectivity index (χ2v) is 13.2. The van der Waals surface area contributed by atoms with Gasteiger partial charge in [-0.15, -0.1) is 0 Å². The van der Waals surface area contributed by atoms with Gasteiger partial charge in [-0.05, 0) is 86.8 Å². The maximum Gasteiger partial charge on any atom is 0.318 e. The molecule has 3 amide bonds. The minimum atomic E-state index is -0.463. The van der Waals surface area contributed by atoms with Crippen LogP contribution in [0.15, 0.2) is 48.7 Å². The Hall–Kier alpha value is -3.29. The molecule has 4 rings (SSSR count). The average Bonchev–Trinajstić information content (AvgIpc) is 3.30. The summed E-state index contributed by atoms with van der Waals surface area (Å²) in [6.07, 6.45) is 9.90. The molecule has 3 heterocycles. The number of hydrogen-bond acceptors (Lipinski definition) is 5. The summed E-state index contributed by atoms with van der Waals surface area (Å²) < 4.78 is 0. The molecule has 0 bridgehead atoms. The molecule has 8 heteroatoms. The Morgan fingerprint density at radius 3 is 2.19 bits per heavy atom. The van der Waals surface area contributed by atoms with Gasteiger partial charge in [0.2, 0.25) is 5.91 Å². The molecule has 1 aromatic heterocycles. The van der Waals surface area contributed by atoms with Crippen molar-refractivity contribution in [3.63, 3.8) is 0 Å². The molecular formula is C35H54N6O2. The van der Waals surface area contributed by atoms with E-state index in [0.717, 1.165) is 76.2 Å². The van der Waals surface area contributed by atoms with Crippen molar-refractivity contribution >= 4 is 23.3 Å². The zero-order chi connectivity index (χ0) is 30.6. The third kappa shape index (κ3) is 10.1. The molecule has 0 saturated carbocycles. The zero-order valence-corrected chi connectivity index (χ0v) is 26.9. The Morgan fingerprint density at radius 1 is 0.884 bits per heavy atom. The van der Waals surface area contributed by atoms with Crippen LogP contribution in [0.5, 0.6) is 0 Å². The molecule has 2 aliphatic rings. The molecule has 8 nitrogen and oxygen atoms in total. The molecule has 2 saturated heterocycles. The zero-order valence-electron chi connectivity index (χ0n) is 26.9. The van der Waals surface area contributed by atoms with Crippen LogP contribution in [0.2, 0.25) is 0 Å². The first-order valence-corrected chi connectivity index (χ1v) is 16.6. The van der Waals surface area contributed by atoms with Crippen LogP contribution in [-0.4, -0.2) is 71.5 Å². The number of benzene rings is 1. The Kier molecular flexibility index (Phi) is 12.5. The van der Waals surface area contributed by atoms with Crippen LogP contribution in [-0.2, 0) is 11.3 Å². The van der Waals surface area contributed by atoms with E-state index in [4.69, 9.17) is 0 Å². The van der Waals surface area contributed by atoms with Crippen molar-refractivity contribution in [3.8, 4) is 0 Å². The minimum absolute atomic E-state index is 0.0754. The van der Waals surface area contributed by atoms with Gasteiger partial charge in [0.05, 0.1) is 12.2 Å². The molecule has 236 valence electrons. The van der Waals surface area contributed by atoms with Crippen LogP contribution in [0.1, 0.15) is 84.8 Å². The number of rotatable bonds is 12. The van der Waals surface area contributed by atoms with Gasteiger partial charge in [-0.2, -0.15) is 0 Å². The fraction of sp³-hybridized carbons (Fsp3) is 0.629. The van der Waals surface area contributed by atoms with Crippen LogP contribution in [0.4, 0.5) is 16.2 Å². The molecule has 2 aliphatic heterocycles. The first-order chi connectivity index (χ1) is 20.8. The fourth-order valence-corrected chi connectivity index (χ4v) is 6.21. The molecule has 2 N–H and O–H groups in total. The van der Waals surface area contributed by atoms with Crippen LogP contribution < -0.4 is 15.5 Å². The smallest absolute Gasteiger partial charge is 0.318 e. The third-order valence-corrected chi connectivity index (χ3v) is 8.76. The summed E-state index contributed by atoms with van der Waals surface area (Å²) in [5.74, 6) is 1.02. The number of likely N-dealkylation sites (tertiary alicyclic amines) is 2. The van der Waals surface area contributed by atoms with E-state index in [-0.39, 0.29) is 11.9 Å². The van der Waals surface area contributed by atoms with Crippen molar-refractivity contribution in [2.75, 3.05) is 42.9 Å². The molecule has 0 spiro atoms. The number of anilines is 2. The highest BCUT2D eigenvalue weighted by atomic mass is 16.2. The Labute approximate surface area is 259 Å². The van der Waals surface area contributed by atoms with E-state index >= 15 is 0 Å². The summed E-state index contributed by atoms with van der Waals surface area (Å²) in [6, 6.07) is 14.6. The molecule has 0 radical (unpaired) electrons. The van der Waals surface area contributed by atoms with E-state index in [0.29, 0.717) is 30.8 Å². The summed E-state index contributed by atoms with van der Waals surface area (Å²) in [4.78, 5) is 37.7. The van der Waals surface area contributed by atoms with E-state index in [9.17, 15) is 9.59 Å². The number of pyridine rings is 1. The summed E-state index contributed by atoms with van der Waals surface area (Å²) in [7, 11) is 0. The molecule has 0 aliphatic carbocycles. The lowest BCUT2D eigenvalue weighted by Gasteiger charge is -2.41. The van der Waals surface area contributed by atoms with Gasteiger partial charge in [0, 0.05) is 56.3 Å². The number of carbonyl (C=O) groups is 2. The second-order valence-electron chi connectivity index (χ2n) is 13.2. The summed E-state index contributed by atoms with van der Waals surface area (Å²) >= 11 is 0. The highest BCUT2D eigenvalue weighted by molar-refractivity contribution is 5.87. The van der Waals surface area contributed by atoms with E-state index in [1.807, 2.05) is 34.2 Å². The van der Waals surface area contributed by atoms with Gasteiger partial charge < -0.3 is 25.3 Å². The van der Waals surface area contributed by atoms with Gasteiger partial charge in [0.1, 0.15) is 6.04 Å². The van der Waals surface area contributed by atoms with Crippen LogP contribution in [0.3, 0.4) is 0 Å². The highest BCUT2D eigenvalue weighted by Gasteiger charge is 2.32. The quantitative estimate of drug-likeness (QED) is 0.294. The lowest BCUT2D eigenvalue weighted by Crippen LogP contribution is -2.55. The summed E-state index contributed by atoms with van der Waals surface area (Å²) in [6.45, 7) is 13.5. The monoisotopic (exact) mass is 590 g/mol. The second kappa shape index (κ2) is 16.5. The van der Waals surface area contributed by atoms with Crippen LogP contribution >= 0.6 is 0 Å². The molecule has 2 aromatic rings. The average molecular weight is 591 g/mol. The summed E-state index contributed by atoms with van der Waals surface area (Å²) in [5.41, 5.74) is 3.33. The predicted molar refractivity (Wildman–Crippen MR) is 176 cm³/mol. The molecule has 43 heavy (non-hydrogen) atoms. The maximum atomic E-state index is 13.8. The standard InChI is InChI=1S/C35H54N6O2/c1-27(2)16-24-41(31-14-12-29(13-15-31)37-26-30-11-7-8-19-36-30)32-17-22-39(23-18-32)34(42)33(25-28(3)4)38-35(43)40-20-9-5-6-10-21-40/h7-8,11-15,19,27-28,32-33,37H,5-6,9-10,16-18,20-26H2,1-4H3,(H,38,43)/t33-/m0/s1. The van der Waals surface area contributed by atoms with Crippen LogP contribution in [0.25, 0.3) is 0 Å². The Bertz CT molecular complexity index is 1110. The number of carbonyl (C=O) groups excluding carboxylic acids is 2. The van der Waals surface area contributed by atoms with Crippen molar-refractivity contribution < 1.29 is 9.59 Å². The largest absolute Gasteiger partial charge is 0.379 e. The lowest BCUT2D eigenvalue weighted by molar-refractivity contribution is -0.134. The van der Waals surface area contributed by atoms with E-state index < -0.39 is 6.04 Å². The summed E-state index contributed by atoms with van der Waals surface area (Å²) in [5, 5.41) is 6.62. The van der Waals surface area contributed by atoms with Gasteiger partial charge in [-0.3, -0.25) is 9.78 Å². The molecule has 2 fully saturated rings. The fourth-order valence-electron chi connectivity index (χ4n) is 6.21. The third-order valence-electron chi connectivity index (χ3n) is 8.76. The van der Waals surface area contributed by atoms with Crippen molar-refractivity contribution in [2.45, 2.75) is 97.7 Å². The van der Waals surface area contributed by atoms with E-state index in [1.165, 1.54) is 18.5 Å². The molecular weight excluding hydrogens is 536 g/mol. The first kappa shape index (κ1) is 32.6. The topological polar surface area (TPSA) is 80.8 Å². The number of piperidine rings is 1. The van der Waals surface area contributed by atoms with E-state index in [1.54, 1.807) is 0 Å². The van der Waals surface area contributed by atoms with Crippen molar-refractivity contribution in [3.05, 3.63) is 54.4 Å². The van der Waals surface area contributed by atoms with Gasteiger partial charge in [0.15, 0.2) is 0 Å². The van der Waals surface area contributed by atoms with Crippen molar-refractivity contribution in [1.82, 2.24) is 20.1 Å². The Balaban J connectivity index is 1.36. The number of aromatic nitrogens is 1. The SMILES string of the molecule is CC(C)CCN(c1ccc(NCc2ccccn2)cc1)C1CCN(C(=O)[C@H](CC(C)C)NC(=O)N2CCCCCC2)CC1. The van der Waals surface area contributed by atoms with Gasteiger partial charge >= 0.3 is 6.03 Å². The molecule has 1 atom stereocenters. The number of nitrogens with one attached hydrogen (secondary N) is 2. The molecule has 1 aromatic carbocycles.